The van der Waals surface area contributed by atoms with Gasteiger partial charge in [0, 0.05) is 19.8 Å². The lowest BCUT2D eigenvalue weighted by atomic mass is 9.98. The zero-order valence-electron chi connectivity index (χ0n) is 9.90. The minimum Gasteiger partial charge on any atom is -0.143 e. The van der Waals surface area contributed by atoms with Crippen LogP contribution in [0.25, 0.3) is 21.9 Å². The second kappa shape index (κ2) is 5.20. The molecule has 0 saturated heterocycles. The summed E-state index contributed by atoms with van der Waals surface area (Å²) in [6, 6.07) is 18.3. The minimum absolute atomic E-state index is 0.702. The van der Waals surface area contributed by atoms with E-state index in [4.69, 9.17) is 11.6 Å². The Kier molecular flexibility index (Phi) is 3.57. The van der Waals surface area contributed by atoms with E-state index in [0.29, 0.717) is 5.02 Å². The SMILES string of the molecule is Sc1cc(Cl)ccc1-c1cccc2cccc(Br)c12. The van der Waals surface area contributed by atoms with Gasteiger partial charge in [-0.2, -0.15) is 0 Å². The third-order valence-corrected chi connectivity index (χ3v) is 4.37. The van der Waals surface area contributed by atoms with Gasteiger partial charge in [0.05, 0.1) is 0 Å². The molecule has 0 aliphatic rings. The van der Waals surface area contributed by atoms with Gasteiger partial charge in [-0.3, -0.25) is 0 Å². The number of hydrogen-bond donors (Lipinski definition) is 1. The molecule has 3 aromatic rings. The molecule has 0 bridgehead atoms. The van der Waals surface area contributed by atoms with Crippen molar-refractivity contribution in [2.24, 2.45) is 0 Å². The van der Waals surface area contributed by atoms with Gasteiger partial charge in [0.15, 0.2) is 0 Å². The molecule has 0 radical (unpaired) electrons. The molecule has 0 saturated carbocycles. The minimum atomic E-state index is 0.702. The third kappa shape index (κ3) is 2.40. The van der Waals surface area contributed by atoms with E-state index < -0.39 is 0 Å². The standard InChI is InChI=1S/C16H10BrClS/c17-14-6-2-4-10-3-1-5-13(16(10)14)12-8-7-11(18)9-15(12)19/h1-9,19H. The Labute approximate surface area is 130 Å². The lowest BCUT2D eigenvalue weighted by Gasteiger charge is -2.11. The van der Waals surface area contributed by atoms with E-state index in [1.54, 1.807) is 0 Å². The van der Waals surface area contributed by atoms with E-state index in [0.717, 1.165) is 20.5 Å². The molecule has 3 heteroatoms. The molecule has 0 aliphatic carbocycles. The number of fused-ring (bicyclic) bond motifs is 1. The van der Waals surface area contributed by atoms with Crippen LogP contribution in [0.3, 0.4) is 0 Å². The van der Waals surface area contributed by atoms with Crippen LogP contribution in [-0.2, 0) is 0 Å². The summed E-state index contributed by atoms with van der Waals surface area (Å²) in [6.07, 6.45) is 0. The molecule has 0 fully saturated rings. The average molecular weight is 350 g/mol. The van der Waals surface area contributed by atoms with Crippen molar-refractivity contribution in [1.29, 1.82) is 0 Å². The smallest absolute Gasteiger partial charge is 0.0417 e. The summed E-state index contributed by atoms with van der Waals surface area (Å²) in [6.45, 7) is 0. The molecule has 0 N–H and O–H groups in total. The second-order valence-electron chi connectivity index (χ2n) is 4.30. The number of rotatable bonds is 1. The Bertz CT molecular complexity index is 763. The van der Waals surface area contributed by atoms with Gasteiger partial charge < -0.3 is 0 Å². The first-order valence-electron chi connectivity index (χ1n) is 5.83. The molecule has 0 heterocycles. The van der Waals surface area contributed by atoms with Gasteiger partial charge in [0.2, 0.25) is 0 Å². The Morgan fingerprint density at radius 2 is 1.63 bits per heavy atom. The van der Waals surface area contributed by atoms with Crippen molar-refractivity contribution >= 4 is 50.9 Å². The van der Waals surface area contributed by atoms with Crippen molar-refractivity contribution in [3.8, 4) is 11.1 Å². The molecule has 0 aliphatic heterocycles. The van der Waals surface area contributed by atoms with Crippen LogP contribution < -0.4 is 0 Å². The van der Waals surface area contributed by atoms with Crippen molar-refractivity contribution in [2.45, 2.75) is 4.90 Å². The molecule has 3 aromatic carbocycles. The second-order valence-corrected chi connectivity index (χ2v) is 6.08. The van der Waals surface area contributed by atoms with Crippen LogP contribution in [0.4, 0.5) is 0 Å². The van der Waals surface area contributed by atoms with Crippen molar-refractivity contribution in [1.82, 2.24) is 0 Å². The molecule has 3 rings (SSSR count). The van der Waals surface area contributed by atoms with Gasteiger partial charge in [0.1, 0.15) is 0 Å². The predicted molar refractivity (Wildman–Crippen MR) is 89.3 cm³/mol. The van der Waals surface area contributed by atoms with Crippen LogP contribution in [-0.4, -0.2) is 0 Å². The molecule has 0 amide bonds. The van der Waals surface area contributed by atoms with Gasteiger partial charge >= 0.3 is 0 Å². The fraction of sp³-hybridized carbons (Fsp3) is 0. The zero-order chi connectivity index (χ0) is 13.4. The summed E-state index contributed by atoms with van der Waals surface area (Å²) in [5.41, 5.74) is 2.25. The van der Waals surface area contributed by atoms with Crippen molar-refractivity contribution < 1.29 is 0 Å². The Morgan fingerprint density at radius 1 is 0.895 bits per heavy atom. The maximum absolute atomic E-state index is 6.00. The first kappa shape index (κ1) is 13.0. The Hall–Kier alpha value is -0.960. The van der Waals surface area contributed by atoms with E-state index in [1.807, 2.05) is 24.3 Å². The molecule has 0 aromatic heterocycles. The Morgan fingerprint density at radius 3 is 2.37 bits per heavy atom. The van der Waals surface area contributed by atoms with Gasteiger partial charge in [-0.25, -0.2) is 0 Å². The summed E-state index contributed by atoms with van der Waals surface area (Å²) in [5.74, 6) is 0. The topological polar surface area (TPSA) is 0 Å². The summed E-state index contributed by atoms with van der Waals surface area (Å²) in [5, 5.41) is 3.10. The molecule has 0 unspecified atom stereocenters. The van der Waals surface area contributed by atoms with E-state index in [-0.39, 0.29) is 0 Å². The molecule has 0 atom stereocenters. The van der Waals surface area contributed by atoms with E-state index >= 15 is 0 Å². The highest BCUT2D eigenvalue weighted by Crippen LogP contribution is 2.37. The molecule has 94 valence electrons. The van der Waals surface area contributed by atoms with Crippen LogP contribution >= 0.6 is 40.2 Å². The van der Waals surface area contributed by atoms with Crippen molar-refractivity contribution in [3.05, 3.63) is 64.1 Å². The molecule has 19 heavy (non-hydrogen) atoms. The first-order chi connectivity index (χ1) is 9.16. The van der Waals surface area contributed by atoms with E-state index in [1.165, 1.54) is 10.8 Å². The van der Waals surface area contributed by atoms with Crippen LogP contribution in [0.5, 0.6) is 0 Å². The number of hydrogen-bond acceptors (Lipinski definition) is 1. The molecular formula is C16H10BrClS. The highest BCUT2D eigenvalue weighted by atomic mass is 79.9. The van der Waals surface area contributed by atoms with Crippen LogP contribution in [0.2, 0.25) is 5.02 Å². The van der Waals surface area contributed by atoms with Crippen molar-refractivity contribution in [3.63, 3.8) is 0 Å². The highest BCUT2D eigenvalue weighted by molar-refractivity contribution is 9.10. The van der Waals surface area contributed by atoms with Gasteiger partial charge in [0.25, 0.3) is 0 Å². The summed E-state index contributed by atoms with van der Waals surface area (Å²) < 4.78 is 1.09. The van der Waals surface area contributed by atoms with Gasteiger partial charge in [-0.1, -0.05) is 63.9 Å². The summed E-state index contributed by atoms with van der Waals surface area (Å²) in [4.78, 5) is 0.885. The third-order valence-electron chi connectivity index (χ3n) is 3.10. The van der Waals surface area contributed by atoms with Crippen molar-refractivity contribution in [2.75, 3.05) is 0 Å². The van der Waals surface area contributed by atoms with E-state index in [9.17, 15) is 0 Å². The number of thiol groups is 1. The molecular weight excluding hydrogens is 340 g/mol. The largest absolute Gasteiger partial charge is 0.143 e. The normalized spacial score (nSPS) is 10.9. The lowest BCUT2D eigenvalue weighted by Crippen LogP contribution is -1.84. The maximum atomic E-state index is 6.00. The monoisotopic (exact) mass is 348 g/mol. The van der Waals surface area contributed by atoms with Crippen LogP contribution in [0.1, 0.15) is 0 Å². The molecule has 0 spiro atoms. The van der Waals surface area contributed by atoms with Gasteiger partial charge in [-0.15, -0.1) is 12.6 Å². The molecule has 0 nitrogen and oxygen atoms in total. The van der Waals surface area contributed by atoms with Crippen LogP contribution in [0, 0.1) is 0 Å². The number of halogens is 2. The van der Waals surface area contributed by atoms with Crippen LogP contribution in [0.15, 0.2) is 64.0 Å². The highest BCUT2D eigenvalue weighted by Gasteiger charge is 2.09. The Balaban J connectivity index is 2.37. The quantitative estimate of drug-likeness (QED) is 0.496. The lowest BCUT2D eigenvalue weighted by molar-refractivity contribution is 1.47. The predicted octanol–water partition coefficient (Wildman–Crippen LogP) is 6.21. The summed E-state index contributed by atoms with van der Waals surface area (Å²) in [7, 11) is 0. The van der Waals surface area contributed by atoms with Gasteiger partial charge in [-0.05, 0) is 34.7 Å². The first-order valence-corrected chi connectivity index (χ1v) is 7.45. The number of benzene rings is 3. The fourth-order valence-electron chi connectivity index (χ4n) is 2.25. The zero-order valence-corrected chi connectivity index (χ0v) is 13.1. The maximum Gasteiger partial charge on any atom is 0.0417 e. The average Bonchev–Trinajstić information content (AvgIpc) is 2.38. The fourth-order valence-corrected chi connectivity index (χ4v) is 3.43. The van der Waals surface area contributed by atoms with E-state index in [2.05, 4.69) is 58.9 Å². The summed E-state index contributed by atoms with van der Waals surface area (Å²) >= 11 is 14.2.